The van der Waals surface area contributed by atoms with Crippen LogP contribution in [0.2, 0.25) is 0 Å². The van der Waals surface area contributed by atoms with Crippen molar-refractivity contribution in [2.75, 3.05) is 7.11 Å². The van der Waals surface area contributed by atoms with Gasteiger partial charge in [0.2, 0.25) is 0 Å². The van der Waals surface area contributed by atoms with Crippen molar-refractivity contribution in [3.05, 3.63) is 58.3 Å². The number of hydrogen-bond donors (Lipinski definition) is 1. The smallest absolute Gasteiger partial charge is 0.118 e. The molecule has 1 N–H and O–H groups in total. The number of H-pyrrole nitrogens is 1. The standard InChI is InChI=1S/C15H13BrN2O/c1-19-12-5-2-10(3-6-12)8-15-17-13-7-4-11(16)9-14(13)18-15/h2-7,9H,8H2,1H3,(H,17,18). The lowest BCUT2D eigenvalue weighted by Gasteiger charge is -2.01. The van der Waals surface area contributed by atoms with Gasteiger partial charge in [-0.3, -0.25) is 0 Å². The average Bonchev–Trinajstić information content (AvgIpc) is 2.81. The minimum absolute atomic E-state index is 0.788. The van der Waals surface area contributed by atoms with Crippen LogP contribution in [0.15, 0.2) is 46.9 Å². The van der Waals surface area contributed by atoms with Crippen molar-refractivity contribution in [1.82, 2.24) is 9.97 Å². The van der Waals surface area contributed by atoms with Crippen molar-refractivity contribution >= 4 is 27.0 Å². The second kappa shape index (κ2) is 5.05. The van der Waals surface area contributed by atoms with Crippen molar-refractivity contribution in [1.29, 1.82) is 0 Å². The van der Waals surface area contributed by atoms with Gasteiger partial charge < -0.3 is 9.72 Å². The van der Waals surface area contributed by atoms with E-state index < -0.39 is 0 Å². The first kappa shape index (κ1) is 12.2. The van der Waals surface area contributed by atoms with Gasteiger partial charge in [0.25, 0.3) is 0 Å². The molecule has 0 amide bonds. The van der Waals surface area contributed by atoms with E-state index in [0.29, 0.717) is 0 Å². The van der Waals surface area contributed by atoms with E-state index in [1.54, 1.807) is 7.11 Å². The van der Waals surface area contributed by atoms with Gasteiger partial charge in [-0.25, -0.2) is 4.98 Å². The van der Waals surface area contributed by atoms with Crippen molar-refractivity contribution in [3.8, 4) is 5.75 Å². The van der Waals surface area contributed by atoms with E-state index in [0.717, 1.165) is 33.5 Å². The summed E-state index contributed by atoms with van der Waals surface area (Å²) in [6.45, 7) is 0. The predicted molar refractivity (Wildman–Crippen MR) is 79.6 cm³/mol. The highest BCUT2D eigenvalue weighted by atomic mass is 79.9. The van der Waals surface area contributed by atoms with E-state index in [4.69, 9.17) is 4.74 Å². The van der Waals surface area contributed by atoms with E-state index in [9.17, 15) is 0 Å². The van der Waals surface area contributed by atoms with E-state index in [2.05, 4.69) is 38.0 Å². The van der Waals surface area contributed by atoms with Crippen LogP contribution in [0.4, 0.5) is 0 Å². The zero-order valence-corrected chi connectivity index (χ0v) is 12.1. The topological polar surface area (TPSA) is 37.9 Å². The summed E-state index contributed by atoms with van der Waals surface area (Å²) in [7, 11) is 1.67. The zero-order chi connectivity index (χ0) is 13.2. The number of benzene rings is 2. The molecular weight excluding hydrogens is 304 g/mol. The fraction of sp³-hybridized carbons (Fsp3) is 0.133. The second-order valence-corrected chi connectivity index (χ2v) is 5.29. The highest BCUT2D eigenvalue weighted by Crippen LogP contribution is 2.19. The summed E-state index contributed by atoms with van der Waals surface area (Å²) >= 11 is 3.46. The molecule has 0 aliphatic carbocycles. The van der Waals surface area contributed by atoms with Gasteiger partial charge in [-0.2, -0.15) is 0 Å². The molecule has 0 fully saturated rings. The Balaban J connectivity index is 1.87. The van der Waals surface area contributed by atoms with Crippen LogP contribution in [0, 0.1) is 0 Å². The second-order valence-electron chi connectivity index (χ2n) is 4.37. The lowest BCUT2D eigenvalue weighted by Crippen LogP contribution is -1.91. The number of rotatable bonds is 3. The van der Waals surface area contributed by atoms with Crippen LogP contribution in [0.1, 0.15) is 11.4 Å². The van der Waals surface area contributed by atoms with E-state index >= 15 is 0 Å². The van der Waals surface area contributed by atoms with Crippen LogP contribution in [0.5, 0.6) is 5.75 Å². The Morgan fingerprint density at radius 2 is 1.95 bits per heavy atom. The Labute approximate surface area is 119 Å². The number of halogens is 1. The van der Waals surface area contributed by atoms with Crippen LogP contribution >= 0.6 is 15.9 Å². The van der Waals surface area contributed by atoms with E-state index in [1.807, 2.05) is 30.3 Å². The summed E-state index contributed by atoms with van der Waals surface area (Å²) in [4.78, 5) is 7.93. The van der Waals surface area contributed by atoms with Gasteiger partial charge in [-0.15, -0.1) is 0 Å². The molecule has 0 aliphatic rings. The third-order valence-electron chi connectivity index (χ3n) is 3.02. The Kier molecular flexibility index (Phi) is 3.25. The minimum atomic E-state index is 0.788. The molecule has 3 aromatic rings. The fourth-order valence-electron chi connectivity index (χ4n) is 2.06. The Bertz CT molecular complexity index is 704. The van der Waals surface area contributed by atoms with Gasteiger partial charge in [-0.1, -0.05) is 28.1 Å². The van der Waals surface area contributed by atoms with Gasteiger partial charge in [0.05, 0.1) is 18.1 Å². The highest BCUT2D eigenvalue weighted by molar-refractivity contribution is 9.10. The molecule has 0 atom stereocenters. The monoisotopic (exact) mass is 316 g/mol. The maximum Gasteiger partial charge on any atom is 0.118 e. The summed E-state index contributed by atoms with van der Waals surface area (Å²) in [5, 5.41) is 0. The number of aromatic nitrogens is 2. The first-order valence-corrected chi connectivity index (χ1v) is 6.81. The number of aromatic amines is 1. The highest BCUT2D eigenvalue weighted by Gasteiger charge is 2.04. The van der Waals surface area contributed by atoms with Crippen molar-refractivity contribution < 1.29 is 4.74 Å². The molecule has 96 valence electrons. The van der Waals surface area contributed by atoms with E-state index in [1.165, 1.54) is 5.56 Å². The molecule has 1 heterocycles. The number of methoxy groups -OCH3 is 1. The van der Waals surface area contributed by atoms with Gasteiger partial charge >= 0.3 is 0 Å². The molecular formula is C15H13BrN2O. The summed E-state index contributed by atoms with van der Waals surface area (Å²) in [6, 6.07) is 14.1. The van der Waals surface area contributed by atoms with Gasteiger partial charge in [0.1, 0.15) is 11.6 Å². The third kappa shape index (κ3) is 2.63. The van der Waals surface area contributed by atoms with Crippen LogP contribution in [-0.2, 0) is 6.42 Å². The normalized spacial score (nSPS) is 10.8. The maximum absolute atomic E-state index is 5.15. The number of hydrogen-bond acceptors (Lipinski definition) is 2. The van der Waals surface area contributed by atoms with Crippen LogP contribution < -0.4 is 4.74 Å². The van der Waals surface area contributed by atoms with Crippen molar-refractivity contribution in [2.24, 2.45) is 0 Å². The molecule has 2 aromatic carbocycles. The Morgan fingerprint density at radius 1 is 1.16 bits per heavy atom. The molecule has 0 spiro atoms. The molecule has 3 nitrogen and oxygen atoms in total. The van der Waals surface area contributed by atoms with Crippen molar-refractivity contribution in [3.63, 3.8) is 0 Å². The molecule has 0 bridgehead atoms. The summed E-state index contributed by atoms with van der Waals surface area (Å²) in [6.07, 6.45) is 0.788. The van der Waals surface area contributed by atoms with Crippen molar-refractivity contribution in [2.45, 2.75) is 6.42 Å². The average molecular weight is 317 g/mol. The molecule has 0 unspecified atom stereocenters. The molecule has 0 saturated carbocycles. The SMILES string of the molecule is COc1ccc(Cc2nc3ccc(Br)cc3[nH]2)cc1. The Morgan fingerprint density at radius 3 is 2.68 bits per heavy atom. The molecule has 0 radical (unpaired) electrons. The van der Waals surface area contributed by atoms with Gasteiger partial charge in [-0.05, 0) is 35.9 Å². The van der Waals surface area contributed by atoms with Gasteiger partial charge in [0, 0.05) is 10.9 Å². The number of fused-ring (bicyclic) bond motifs is 1. The maximum atomic E-state index is 5.15. The van der Waals surface area contributed by atoms with Crippen LogP contribution in [0.3, 0.4) is 0 Å². The summed E-state index contributed by atoms with van der Waals surface area (Å²) in [5.74, 6) is 1.84. The molecule has 1 aromatic heterocycles. The fourth-order valence-corrected chi connectivity index (χ4v) is 2.42. The minimum Gasteiger partial charge on any atom is -0.497 e. The number of imidazole rings is 1. The summed E-state index contributed by atoms with van der Waals surface area (Å²) < 4.78 is 6.21. The largest absolute Gasteiger partial charge is 0.497 e. The molecule has 0 aliphatic heterocycles. The quantitative estimate of drug-likeness (QED) is 0.795. The number of ether oxygens (including phenoxy) is 1. The predicted octanol–water partition coefficient (Wildman–Crippen LogP) is 3.92. The van der Waals surface area contributed by atoms with Gasteiger partial charge in [0.15, 0.2) is 0 Å². The lowest BCUT2D eigenvalue weighted by atomic mass is 10.1. The molecule has 0 saturated heterocycles. The third-order valence-corrected chi connectivity index (χ3v) is 3.52. The van der Waals surface area contributed by atoms with Crippen LogP contribution in [0.25, 0.3) is 11.0 Å². The first-order valence-electron chi connectivity index (χ1n) is 6.02. The van der Waals surface area contributed by atoms with E-state index in [-0.39, 0.29) is 0 Å². The zero-order valence-electron chi connectivity index (χ0n) is 10.5. The molecule has 19 heavy (non-hydrogen) atoms. The number of nitrogens with zero attached hydrogens (tertiary/aromatic N) is 1. The first-order chi connectivity index (χ1) is 9.24. The van der Waals surface area contributed by atoms with Crippen LogP contribution in [-0.4, -0.2) is 17.1 Å². The number of nitrogens with one attached hydrogen (secondary N) is 1. The molecule has 4 heteroatoms. The molecule has 3 rings (SSSR count). The Hall–Kier alpha value is -1.81. The summed E-state index contributed by atoms with van der Waals surface area (Å²) in [5.41, 5.74) is 3.25. The lowest BCUT2D eigenvalue weighted by molar-refractivity contribution is 0.414.